The van der Waals surface area contributed by atoms with Gasteiger partial charge in [-0.1, -0.05) is 22.0 Å². The van der Waals surface area contributed by atoms with Crippen LogP contribution in [0.25, 0.3) is 0 Å². The predicted molar refractivity (Wildman–Crippen MR) is 111 cm³/mol. The van der Waals surface area contributed by atoms with Crippen LogP contribution < -0.4 is 14.9 Å². The molecule has 0 bridgehead atoms. The number of halogens is 1. The van der Waals surface area contributed by atoms with Crippen molar-refractivity contribution in [2.24, 2.45) is 5.10 Å². The molecule has 0 fully saturated rings. The van der Waals surface area contributed by atoms with Crippen LogP contribution in [0, 0.1) is 0 Å². The van der Waals surface area contributed by atoms with Crippen LogP contribution in [0.2, 0.25) is 0 Å². The number of thiophene rings is 1. The molecule has 6 nitrogen and oxygen atoms in total. The molecule has 1 aromatic heterocycles. The molecule has 0 radical (unpaired) electrons. The van der Waals surface area contributed by atoms with Crippen LogP contribution in [0.1, 0.15) is 25.6 Å². The van der Waals surface area contributed by atoms with Crippen LogP contribution in [-0.2, 0) is 0 Å². The highest BCUT2D eigenvalue weighted by Gasteiger charge is 2.13. The fourth-order valence-corrected chi connectivity index (χ4v) is 3.09. The van der Waals surface area contributed by atoms with E-state index in [4.69, 9.17) is 9.47 Å². The van der Waals surface area contributed by atoms with Gasteiger partial charge in [0.25, 0.3) is 5.91 Å². The third kappa shape index (κ3) is 5.05. The number of carbonyl (C=O) groups excluding carboxylic acids is 2. The van der Waals surface area contributed by atoms with Crippen molar-refractivity contribution in [3.63, 3.8) is 0 Å². The summed E-state index contributed by atoms with van der Waals surface area (Å²) in [5, 5.41) is 5.75. The minimum atomic E-state index is -0.448. The number of esters is 1. The molecule has 0 atom stereocenters. The fraction of sp³-hybridized carbons (Fsp3) is 0.0500. The lowest BCUT2D eigenvalue weighted by atomic mass is 10.2. The van der Waals surface area contributed by atoms with Crippen molar-refractivity contribution in [3.05, 3.63) is 80.5 Å². The number of hydrogen-bond acceptors (Lipinski definition) is 6. The normalized spacial score (nSPS) is 10.6. The van der Waals surface area contributed by atoms with Crippen molar-refractivity contribution in [2.75, 3.05) is 7.11 Å². The van der Waals surface area contributed by atoms with Crippen LogP contribution in [0.15, 0.2) is 69.6 Å². The quantitative estimate of drug-likeness (QED) is 0.255. The van der Waals surface area contributed by atoms with E-state index >= 15 is 0 Å². The Morgan fingerprint density at radius 2 is 1.89 bits per heavy atom. The molecule has 2 aromatic carbocycles. The number of carbonyl (C=O) groups is 2. The van der Waals surface area contributed by atoms with Gasteiger partial charge in [0.05, 0.1) is 13.3 Å². The molecule has 0 saturated heterocycles. The average Bonchev–Trinajstić information content (AvgIpc) is 3.24. The summed E-state index contributed by atoms with van der Waals surface area (Å²) >= 11 is 4.62. The Balaban J connectivity index is 1.66. The summed E-state index contributed by atoms with van der Waals surface area (Å²) in [6, 6.07) is 15.4. The topological polar surface area (TPSA) is 77.0 Å². The lowest BCUT2D eigenvalue weighted by Gasteiger charge is -2.09. The van der Waals surface area contributed by atoms with E-state index in [2.05, 4.69) is 26.5 Å². The van der Waals surface area contributed by atoms with E-state index < -0.39 is 5.97 Å². The number of methoxy groups -OCH3 is 1. The third-order valence-corrected chi connectivity index (χ3v) is 4.98. The number of rotatable bonds is 6. The molecule has 28 heavy (non-hydrogen) atoms. The van der Waals surface area contributed by atoms with Gasteiger partial charge < -0.3 is 9.47 Å². The molecular weight excluding hydrogens is 444 g/mol. The Labute approximate surface area is 173 Å². The van der Waals surface area contributed by atoms with Crippen molar-refractivity contribution >= 4 is 45.4 Å². The van der Waals surface area contributed by atoms with E-state index in [0.717, 1.165) is 4.47 Å². The molecule has 3 rings (SSSR count). The number of hydrogen-bond donors (Lipinski definition) is 1. The minimum Gasteiger partial charge on any atom is -0.493 e. The highest BCUT2D eigenvalue weighted by atomic mass is 79.9. The number of amides is 1. The fourth-order valence-electron chi connectivity index (χ4n) is 2.22. The molecular formula is C20H15BrN2O4S. The van der Waals surface area contributed by atoms with Crippen LogP contribution >= 0.6 is 27.3 Å². The third-order valence-electron chi connectivity index (χ3n) is 3.60. The van der Waals surface area contributed by atoms with Gasteiger partial charge in [0, 0.05) is 10.0 Å². The highest BCUT2D eigenvalue weighted by Crippen LogP contribution is 2.28. The lowest BCUT2D eigenvalue weighted by molar-refractivity contribution is 0.0734. The molecule has 1 amide bonds. The van der Waals surface area contributed by atoms with E-state index in [9.17, 15) is 9.59 Å². The summed E-state index contributed by atoms with van der Waals surface area (Å²) in [5.74, 6) is -0.0845. The smallest absolute Gasteiger partial charge is 0.353 e. The minimum absolute atomic E-state index is 0.303. The van der Waals surface area contributed by atoms with Crippen LogP contribution in [0.5, 0.6) is 11.5 Å². The van der Waals surface area contributed by atoms with E-state index in [-0.39, 0.29) is 5.91 Å². The molecule has 0 aliphatic heterocycles. The van der Waals surface area contributed by atoms with E-state index in [1.807, 2.05) is 0 Å². The number of nitrogens with zero attached hydrogens (tertiary/aromatic N) is 1. The van der Waals surface area contributed by atoms with Gasteiger partial charge in [0.1, 0.15) is 4.88 Å². The van der Waals surface area contributed by atoms with Crippen molar-refractivity contribution in [1.29, 1.82) is 0 Å². The standard InChI is InChI=1S/C20H15BrN2O4S/c1-26-17-11-13(4-9-16(17)27-20(25)18-3-2-10-28-18)12-22-23-19(24)14-5-7-15(21)8-6-14/h2-12H,1H3,(H,23,24)/b22-12+. The molecule has 1 N–H and O–H groups in total. The van der Waals surface area contributed by atoms with Crippen molar-refractivity contribution in [1.82, 2.24) is 5.43 Å². The number of ether oxygens (including phenoxy) is 2. The van der Waals surface area contributed by atoms with Gasteiger partial charge in [-0.2, -0.15) is 5.10 Å². The first-order valence-corrected chi connectivity index (χ1v) is 9.77. The summed E-state index contributed by atoms with van der Waals surface area (Å²) in [4.78, 5) is 24.6. The van der Waals surface area contributed by atoms with E-state index in [1.54, 1.807) is 60.0 Å². The van der Waals surface area contributed by atoms with Gasteiger partial charge in [-0.15, -0.1) is 11.3 Å². The summed E-state index contributed by atoms with van der Waals surface area (Å²) in [7, 11) is 1.48. The summed E-state index contributed by atoms with van der Waals surface area (Å²) in [6.45, 7) is 0. The maximum absolute atomic E-state index is 12.1. The monoisotopic (exact) mass is 458 g/mol. The Hall–Kier alpha value is -2.97. The molecule has 0 spiro atoms. The molecule has 142 valence electrons. The molecule has 3 aromatic rings. The van der Waals surface area contributed by atoms with Gasteiger partial charge in [0.15, 0.2) is 11.5 Å². The number of hydrazone groups is 1. The Morgan fingerprint density at radius 1 is 1.11 bits per heavy atom. The Bertz CT molecular complexity index is 1000. The van der Waals surface area contributed by atoms with Crippen LogP contribution in [0.3, 0.4) is 0 Å². The van der Waals surface area contributed by atoms with Gasteiger partial charge >= 0.3 is 5.97 Å². The second-order valence-corrected chi connectivity index (χ2v) is 7.35. The van der Waals surface area contributed by atoms with Crippen LogP contribution in [0.4, 0.5) is 0 Å². The van der Waals surface area contributed by atoms with E-state index in [1.165, 1.54) is 24.7 Å². The molecule has 0 unspecified atom stereocenters. The summed E-state index contributed by atoms with van der Waals surface area (Å²) < 4.78 is 11.5. The largest absolute Gasteiger partial charge is 0.493 e. The summed E-state index contributed by atoms with van der Waals surface area (Å²) in [5.41, 5.74) is 3.62. The van der Waals surface area contributed by atoms with Crippen molar-refractivity contribution in [3.8, 4) is 11.5 Å². The Morgan fingerprint density at radius 3 is 2.57 bits per heavy atom. The molecule has 1 heterocycles. The lowest BCUT2D eigenvalue weighted by Crippen LogP contribution is -2.17. The maximum atomic E-state index is 12.1. The molecule has 0 aliphatic carbocycles. The predicted octanol–water partition coefficient (Wildman–Crippen LogP) is 4.50. The first kappa shape index (κ1) is 19.8. The first-order chi connectivity index (χ1) is 13.6. The van der Waals surface area contributed by atoms with Crippen LogP contribution in [-0.4, -0.2) is 25.2 Å². The second kappa shape index (κ2) is 9.29. The zero-order valence-electron chi connectivity index (χ0n) is 14.7. The second-order valence-electron chi connectivity index (χ2n) is 5.48. The zero-order chi connectivity index (χ0) is 19.9. The van der Waals surface area contributed by atoms with Crippen molar-refractivity contribution in [2.45, 2.75) is 0 Å². The molecule has 0 aliphatic rings. The molecule has 0 saturated carbocycles. The first-order valence-electron chi connectivity index (χ1n) is 8.09. The van der Waals surface area contributed by atoms with Gasteiger partial charge in [-0.25, -0.2) is 10.2 Å². The SMILES string of the molecule is COc1cc(/C=N/NC(=O)c2ccc(Br)cc2)ccc1OC(=O)c1cccs1. The number of benzene rings is 2. The van der Waals surface area contributed by atoms with Crippen molar-refractivity contribution < 1.29 is 19.1 Å². The van der Waals surface area contributed by atoms with E-state index in [0.29, 0.717) is 27.5 Å². The maximum Gasteiger partial charge on any atom is 0.353 e. The number of nitrogens with one attached hydrogen (secondary N) is 1. The van der Waals surface area contributed by atoms with Gasteiger partial charge in [0.2, 0.25) is 0 Å². The average molecular weight is 459 g/mol. The Kier molecular flexibility index (Phi) is 6.57. The zero-order valence-corrected chi connectivity index (χ0v) is 17.1. The van der Waals surface area contributed by atoms with Gasteiger partial charge in [-0.3, -0.25) is 4.79 Å². The molecule has 8 heteroatoms. The summed E-state index contributed by atoms with van der Waals surface area (Å²) in [6.07, 6.45) is 1.48. The van der Waals surface area contributed by atoms with Gasteiger partial charge in [-0.05, 0) is 59.5 Å². The highest BCUT2D eigenvalue weighted by molar-refractivity contribution is 9.10.